The fourth-order valence-electron chi connectivity index (χ4n) is 4.59. The molecular weight excluding hydrogens is 539 g/mol. The van der Waals surface area contributed by atoms with Crippen molar-refractivity contribution in [3.63, 3.8) is 0 Å². The molecule has 3 aromatic rings. The molecular formula is C25H24F7N3O2S. The number of aromatic nitrogens is 2. The van der Waals surface area contributed by atoms with Crippen LogP contribution in [0.25, 0.3) is 0 Å². The summed E-state index contributed by atoms with van der Waals surface area (Å²) < 4.78 is 110. The number of rotatable bonds is 8. The summed E-state index contributed by atoms with van der Waals surface area (Å²) in [5.41, 5.74) is 0.164. The van der Waals surface area contributed by atoms with Gasteiger partial charge in [0.05, 0.1) is 16.3 Å². The number of fused-ring (bicyclic) bond motifs is 1. The number of aliphatic hydroxyl groups is 1. The summed E-state index contributed by atoms with van der Waals surface area (Å²) in [7, 11) is -1.94. The Morgan fingerprint density at radius 1 is 1.03 bits per heavy atom. The first-order valence-electron chi connectivity index (χ1n) is 11.7. The van der Waals surface area contributed by atoms with Crippen molar-refractivity contribution in [2.45, 2.75) is 61.4 Å². The largest absolute Gasteiger partial charge is 0.404 e. The summed E-state index contributed by atoms with van der Waals surface area (Å²) in [4.78, 5) is 0.227. The van der Waals surface area contributed by atoms with Gasteiger partial charge in [-0.05, 0) is 66.8 Å². The number of alkyl halides is 6. The molecule has 1 aliphatic heterocycles. The number of nitrogens with zero attached hydrogens (tertiary/aromatic N) is 3. The van der Waals surface area contributed by atoms with Crippen LogP contribution in [0.3, 0.4) is 0 Å². The highest BCUT2D eigenvalue weighted by molar-refractivity contribution is 7.86. The molecule has 206 valence electrons. The molecule has 1 aliphatic rings. The van der Waals surface area contributed by atoms with E-state index in [-0.39, 0.29) is 35.6 Å². The molecule has 2 heterocycles. The number of halogens is 7. The van der Waals surface area contributed by atoms with Crippen molar-refractivity contribution in [3.05, 3.63) is 77.4 Å². The molecule has 1 unspecified atom stereocenters. The molecule has 4 rings (SSSR count). The molecule has 5 nitrogen and oxygen atoms in total. The maximum Gasteiger partial charge on any atom is 0.404 e. The SMILES string of the molecule is O=S(c1ccc(F)cc1)N1c2ccc(C(C(F)(F)F)C(F)(F)F)cc2CC[C@H]1Cc1ccn(CCCO)n1. The number of aryl methyl sites for hydroxylation is 2. The fraction of sp³-hybridized carbons (Fsp3) is 0.400. The molecule has 0 saturated heterocycles. The molecule has 0 radical (unpaired) electrons. The summed E-state index contributed by atoms with van der Waals surface area (Å²) in [6.45, 7) is 0.474. The Kier molecular flexibility index (Phi) is 8.17. The lowest BCUT2D eigenvalue weighted by molar-refractivity contribution is -0.253. The Labute approximate surface area is 216 Å². The quantitative estimate of drug-likeness (QED) is 0.358. The van der Waals surface area contributed by atoms with Gasteiger partial charge in [0.2, 0.25) is 0 Å². The molecule has 2 atom stereocenters. The van der Waals surface area contributed by atoms with Gasteiger partial charge in [0.25, 0.3) is 0 Å². The summed E-state index contributed by atoms with van der Waals surface area (Å²) in [5, 5.41) is 13.5. The van der Waals surface area contributed by atoms with Crippen LogP contribution in [-0.4, -0.2) is 44.1 Å². The normalized spacial score (nSPS) is 17.1. The molecule has 0 bridgehead atoms. The standard InChI is InChI=1S/C25H24F7N3O2S/c26-18-4-7-21(8-5-18)38(37)35-20(15-19-10-12-34(33-19)11-1-13-36)6-2-16-14-17(3-9-22(16)35)23(24(27,28)29)25(30,31)32/h3-5,7-10,12,14,20,23,36H,1-2,6,11,13,15H2/t20-,38?/m0/s1. The van der Waals surface area contributed by atoms with Crippen LogP contribution >= 0.6 is 0 Å². The van der Waals surface area contributed by atoms with Crippen LogP contribution in [-0.2, 0) is 30.4 Å². The van der Waals surface area contributed by atoms with Crippen molar-refractivity contribution >= 4 is 16.7 Å². The van der Waals surface area contributed by atoms with E-state index in [9.17, 15) is 34.9 Å². The number of aliphatic hydroxyl groups excluding tert-OH is 1. The minimum absolute atomic E-state index is 0.00937. The van der Waals surface area contributed by atoms with Crippen LogP contribution in [0.2, 0.25) is 0 Å². The van der Waals surface area contributed by atoms with E-state index in [0.29, 0.717) is 25.1 Å². The Morgan fingerprint density at radius 2 is 1.71 bits per heavy atom. The molecule has 13 heteroatoms. The Morgan fingerprint density at radius 3 is 2.34 bits per heavy atom. The van der Waals surface area contributed by atoms with Gasteiger partial charge in [-0.2, -0.15) is 31.4 Å². The number of hydrogen-bond donors (Lipinski definition) is 1. The first-order chi connectivity index (χ1) is 17.9. The van der Waals surface area contributed by atoms with Crippen LogP contribution < -0.4 is 4.31 Å². The van der Waals surface area contributed by atoms with Gasteiger partial charge in [-0.1, -0.05) is 12.1 Å². The topological polar surface area (TPSA) is 58.4 Å². The third kappa shape index (κ3) is 6.20. The third-order valence-corrected chi connectivity index (χ3v) is 7.81. The highest BCUT2D eigenvalue weighted by Crippen LogP contribution is 2.48. The second-order valence-corrected chi connectivity index (χ2v) is 10.3. The summed E-state index contributed by atoms with van der Waals surface area (Å²) in [6.07, 6.45) is -8.09. The van der Waals surface area contributed by atoms with Crippen LogP contribution in [0.1, 0.15) is 35.6 Å². The lowest BCUT2D eigenvalue weighted by atomic mass is 9.90. The number of anilines is 1. The molecule has 0 aliphatic carbocycles. The average molecular weight is 564 g/mol. The first-order valence-corrected chi connectivity index (χ1v) is 12.9. The fourth-order valence-corrected chi connectivity index (χ4v) is 5.99. The van der Waals surface area contributed by atoms with Crippen LogP contribution in [0, 0.1) is 5.82 Å². The Balaban J connectivity index is 1.72. The van der Waals surface area contributed by atoms with E-state index in [0.717, 1.165) is 30.3 Å². The van der Waals surface area contributed by atoms with Crippen molar-refractivity contribution in [3.8, 4) is 0 Å². The van der Waals surface area contributed by atoms with Gasteiger partial charge in [-0.15, -0.1) is 0 Å². The van der Waals surface area contributed by atoms with E-state index in [2.05, 4.69) is 5.10 Å². The summed E-state index contributed by atoms with van der Waals surface area (Å²) >= 11 is 0. The van der Waals surface area contributed by atoms with E-state index in [1.165, 1.54) is 16.4 Å². The average Bonchev–Trinajstić information content (AvgIpc) is 3.28. The van der Waals surface area contributed by atoms with Gasteiger partial charge < -0.3 is 5.11 Å². The van der Waals surface area contributed by atoms with Gasteiger partial charge in [-0.3, -0.25) is 8.99 Å². The van der Waals surface area contributed by atoms with Crippen molar-refractivity contribution in [2.24, 2.45) is 0 Å². The second-order valence-electron chi connectivity index (χ2n) is 8.98. The Bertz CT molecular complexity index is 1260. The number of hydrogen-bond acceptors (Lipinski definition) is 3. The van der Waals surface area contributed by atoms with E-state index >= 15 is 0 Å². The van der Waals surface area contributed by atoms with E-state index < -0.39 is 46.7 Å². The predicted octanol–water partition coefficient (Wildman–Crippen LogP) is 5.70. The van der Waals surface area contributed by atoms with Gasteiger partial charge in [0, 0.05) is 31.8 Å². The van der Waals surface area contributed by atoms with Crippen molar-refractivity contribution in [1.82, 2.24) is 9.78 Å². The van der Waals surface area contributed by atoms with E-state index in [1.807, 2.05) is 0 Å². The molecule has 1 aromatic heterocycles. The third-order valence-electron chi connectivity index (χ3n) is 6.29. The molecule has 1 N–H and O–H groups in total. The van der Waals surface area contributed by atoms with Crippen molar-refractivity contribution in [2.75, 3.05) is 10.9 Å². The molecule has 0 fully saturated rings. The molecule has 0 amide bonds. The van der Waals surface area contributed by atoms with E-state index in [4.69, 9.17) is 5.11 Å². The Hall–Kier alpha value is -2.93. The van der Waals surface area contributed by atoms with E-state index in [1.54, 1.807) is 16.9 Å². The predicted molar refractivity (Wildman–Crippen MR) is 126 cm³/mol. The highest BCUT2D eigenvalue weighted by atomic mass is 32.2. The maximum atomic E-state index is 13.7. The van der Waals surface area contributed by atoms with Gasteiger partial charge in [0.15, 0.2) is 16.9 Å². The summed E-state index contributed by atoms with van der Waals surface area (Å²) in [5.74, 6) is -4.19. The van der Waals surface area contributed by atoms with Crippen molar-refractivity contribution < 1.29 is 40.0 Å². The minimum atomic E-state index is -5.53. The molecule has 0 saturated carbocycles. The van der Waals surface area contributed by atoms with Crippen molar-refractivity contribution in [1.29, 1.82) is 0 Å². The maximum absolute atomic E-state index is 13.7. The smallest absolute Gasteiger partial charge is 0.396 e. The zero-order chi connectivity index (χ0) is 27.7. The van der Waals surface area contributed by atoms with Gasteiger partial charge in [0.1, 0.15) is 5.82 Å². The second kappa shape index (κ2) is 11.0. The minimum Gasteiger partial charge on any atom is -0.396 e. The molecule has 0 spiro atoms. The van der Waals surface area contributed by atoms with Crippen LogP contribution in [0.4, 0.5) is 36.4 Å². The number of benzene rings is 2. The monoisotopic (exact) mass is 563 g/mol. The zero-order valence-corrected chi connectivity index (χ0v) is 20.7. The van der Waals surface area contributed by atoms with Gasteiger partial charge >= 0.3 is 12.4 Å². The highest BCUT2D eigenvalue weighted by Gasteiger charge is 2.57. The van der Waals surface area contributed by atoms with Crippen LogP contribution in [0.5, 0.6) is 0 Å². The van der Waals surface area contributed by atoms with Crippen LogP contribution in [0.15, 0.2) is 59.6 Å². The molecule has 2 aromatic carbocycles. The van der Waals surface area contributed by atoms with Gasteiger partial charge in [-0.25, -0.2) is 8.60 Å². The lowest BCUT2D eigenvalue weighted by Crippen LogP contribution is -2.42. The molecule has 38 heavy (non-hydrogen) atoms. The summed E-state index contributed by atoms with van der Waals surface area (Å²) in [6, 6.07) is 8.97. The first kappa shape index (κ1) is 28.1. The zero-order valence-electron chi connectivity index (χ0n) is 19.8. The lowest BCUT2D eigenvalue weighted by Gasteiger charge is -2.38.